The van der Waals surface area contributed by atoms with E-state index in [0.717, 1.165) is 5.75 Å². The summed E-state index contributed by atoms with van der Waals surface area (Å²) in [5, 5.41) is 0. The Kier molecular flexibility index (Phi) is 4.21. The van der Waals surface area contributed by atoms with Crippen LogP contribution in [0.3, 0.4) is 0 Å². The highest BCUT2D eigenvalue weighted by Gasteiger charge is 2.14. The molecule has 0 N–H and O–H groups in total. The van der Waals surface area contributed by atoms with Gasteiger partial charge in [0.25, 0.3) is 0 Å². The van der Waals surface area contributed by atoms with E-state index in [1.165, 1.54) is 16.7 Å². The fourth-order valence-corrected chi connectivity index (χ4v) is 2.11. The van der Waals surface area contributed by atoms with Crippen LogP contribution < -0.4 is 4.74 Å². The number of hydrogen-bond acceptors (Lipinski definition) is 1. The van der Waals surface area contributed by atoms with Gasteiger partial charge >= 0.3 is 0 Å². The molecule has 1 atom stereocenters. The molecule has 1 rings (SSSR count). The summed E-state index contributed by atoms with van der Waals surface area (Å²) in [5.74, 6) is 1.60. The van der Waals surface area contributed by atoms with Crippen molar-refractivity contribution in [1.29, 1.82) is 0 Å². The van der Waals surface area contributed by atoms with Gasteiger partial charge in [0.15, 0.2) is 0 Å². The van der Waals surface area contributed by atoms with Crippen LogP contribution in [0.2, 0.25) is 0 Å². The minimum Gasteiger partial charge on any atom is -0.496 e. The van der Waals surface area contributed by atoms with E-state index in [9.17, 15) is 0 Å². The van der Waals surface area contributed by atoms with Gasteiger partial charge in [0.1, 0.15) is 5.75 Å². The van der Waals surface area contributed by atoms with Crippen LogP contribution in [0, 0.1) is 19.8 Å². The van der Waals surface area contributed by atoms with Crippen molar-refractivity contribution >= 4 is 15.9 Å². The molecule has 1 aromatic carbocycles. The smallest absolute Gasteiger partial charge is 0.124 e. The second-order valence-corrected chi connectivity index (χ2v) is 5.32. The number of methoxy groups -OCH3 is 1. The monoisotopic (exact) mass is 270 g/mol. The van der Waals surface area contributed by atoms with Crippen molar-refractivity contribution in [2.45, 2.75) is 32.5 Å². The predicted octanol–water partition coefficient (Wildman–Crippen LogP) is 4.40. The molecule has 0 saturated heterocycles. The molecule has 0 aliphatic heterocycles. The summed E-state index contributed by atoms with van der Waals surface area (Å²) in [5.41, 5.74) is 3.75. The van der Waals surface area contributed by atoms with Crippen molar-refractivity contribution in [3.05, 3.63) is 28.8 Å². The molecule has 0 fully saturated rings. The van der Waals surface area contributed by atoms with Gasteiger partial charge in [-0.25, -0.2) is 0 Å². The quantitative estimate of drug-likeness (QED) is 0.740. The fourth-order valence-electron chi connectivity index (χ4n) is 1.85. The zero-order valence-electron chi connectivity index (χ0n) is 10.1. The van der Waals surface area contributed by atoms with Crippen LogP contribution in [0.5, 0.6) is 5.75 Å². The maximum absolute atomic E-state index is 5.36. The zero-order chi connectivity index (χ0) is 11.6. The first-order valence-electron chi connectivity index (χ1n) is 5.26. The van der Waals surface area contributed by atoms with Crippen LogP contribution in [0.4, 0.5) is 0 Å². The zero-order valence-corrected chi connectivity index (χ0v) is 11.7. The molecular weight excluding hydrogens is 252 g/mol. The molecule has 0 aliphatic carbocycles. The predicted molar refractivity (Wildman–Crippen MR) is 69.0 cm³/mol. The minimum absolute atomic E-state index is 0.417. The number of halogens is 1. The Hall–Kier alpha value is -0.500. The molecule has 84 valence electrons. The van der Waals surface area contributed by atoms with Gasteiger partial charge < -0.3 is 4.74 Å². The number of benzene rings is 1. The van der Waals surface area contributed by atoms with Gasteiger partial charge in [0.05, 0.1) is 7.11 Å². The van der Waals surface area contributed by atoms with Crippen LogP contribution in [0.25, 0.3) is 0 Å². The van der Waals surface area contributed by atoms with Crippen molar-refractivity contribution in [1.82, 2.24) is 0 Å². The molecule has 2 heteroatoms. The van der Waals surface area contributed by atoms with Crippen molar-refractivity contribution in [2.75, 3.05) is 7.11 Å². The standard InChI is InChI=1S/C13H19BrO/c1-8(2)12(14)11-6-9(3)13(15-5)10(4)7-11/h6-8,12H,1-5H3. The largest absolute Gasteiger partial charge is 0.496 e. The van der Waals surface area contributed by atoms with Gasteiger partial charge in [-0.15, -0.1) is 0 Å². The molecule has 1 nitrogen and oxygen atoms in total. The van der Waals surface area contributed by atoms with E-state index >= 15 is 0 Å². The van der Waals surface area contributed by atoms with Crippen molar-refractivity contribution in [3.63, 3.8) is 0 Å². The minimum atomic E-state index is 0.417. The lowest BCUT2D eigenvalue weighted by atomic mass is 9.98. The van der Waals surface area contributed by atoms with E-state index in [0.29, 0.717) is 10.7 Å². The van der Waals surface area contributed by atoms with E-state index in [-0.39, 0.29) is 0 Å². The lowest BCUT2D eigenvalue weighted by molar-refractivity contribution is 0.408. The Morgan fingerprint density at radius 3 is 1.93 bits per heavy atom. The average Bonchev–Trinajstić information content (AvgIpc) is 2.15. The summed E-state index contributed by atoms with van der Waals surface area (Å²) >= 11 is 3.72. The van der Waals surface area contributed by atoms with Gasteiger partial charge in [-0.05, 0) is 36.5 Å². The Labute approximate surface area is 101 Å². The molecule has 0 aromatic heterocycles. The third kappa shape index (κ3) is 2.75. The van der Waals surface area contributed by atoms with Crippen LogP contribution in [-0.2, 0) is 0 Å². The molecule has 0 bridgehead atoms. The summed E-state index contributed by atoms with van der Waals surface area (Å²) in [4.78, 5) is 0.417. The Morgan fingerprint density at radius 1 is 1.13 bits per heavy atom. The molecule has 0 heterocycles. The Balaban J connectivity index is 3.14. The number of alkyl halides is 1. The summed E-state index contributed by atoms with van der Waals surface area (Å²) in [7, 11) is 1.73. The van der Waals surface area contributed by atoms with Crippen molar-refractivity contribution in [2.24, 2.45) is 5.92 Å². The van der Waals surface area contributed by atoms with Gasteiger partial charge in [0.2, 0.25) is 0 Å². The molecule has 1 aromatic rings. The van der Waals surface area contributed by atoms with Crippen LogP contribution in [0.1, 0.15) is 35.4 Å². The maximum atomic E-state index is 5.36. The summed E-state index contributed by atoms with van der Waals surface area (Å²) < 4.78 is 5.36. The highest BCUT2D eigenvalue weighted by Crippen LogP contribution is 2.34. The van der Waals surface area contributed by atoms with Crippen LogP contribution in [0.15, 0.2) is 12.1 Å². The summed E-state index contributed by atoms with van der Waals surface area (Å²) in [6, 6.07) is 4.40. The van der Waals surface area contributed by atoms with E-state index in [4.69, 9.17) is 4.74 Å². The fraction of sp³-hybridized carbons (Fsp3) is 0.538. The molecule has 0 radical (unpaired) electrons. The Morgan fingerprint density at radius 2 is 1.60 bits per heavy atom. The van der Waals surface area contributed by atoms with E-state index < -0.39 is 0 Å². The highest BCUT2D eigenvalue weighted by atomic mass is 79.9. The topological polar surface area (TPSA) is 9.23 Å². The van der Waals surface area contributed by atoms with Gasteiger partial charge in [-0.1, -0.05) is 41.9 Å². The molecule has 0 saturated carbocycles. The molecule has 1 unspecified atom stereocenters. The Bertz CT molecular complexity index is 321. The first-order chi connectivity index (χ1) is 6.97. The summed E-state index contributed by atoms with van der Waals surface area (Å²) in [6.07, 6.45) is 0. The number of aryl methyl sites for hydroxylation is 2. The highest BCUT2D eigenvalue weighted by molar-refractivity contribution is 9.09. The lowest BCUT2D eigenvalue weighted by Gasteiger charge is -2.17. The maximum Gasteiger partial charge on any atom is 0.124 e. The second-order valence-electron chi connectivity index (χ2n) is 4.33. The first-order valence-corrected chi connectivity index (χ1v) is 6.18. The van der Waals surface area contributed by atoms with Gasteiger partial charge in [-0.2, -0.15) is 0 Å². The first kappa shape index (κ1) is 12.6. The third-order valence-electron chi connectivity index (χ3n) is 2.59. The number of ether oxygens (including phenoxy) is 1. The normalized spacial score (nSPS) is 13.0. The number of hydrogen-bond donors (Lipinski definition) is 0. The van der Waals surface area contributed by atoms with Crippen LogP contribution in [-0.4, -0.2) is 7.11 Å². The van der Waals surface area contributed by atoms with E-state index in [2.05, 4.69) is 55.8 Å². The van der Waals surface area contributed by atoms with Crippen molar-refractivity contribution in [3.8, 4) is 5.75 Å². The molecule has 0 amide bonds. The average molecular weight is 271 g/mol. The van der Waals surface area contributed by atoms with E-state index in [1.807, 2.05) is 0 Å². The summed E-state index contributed by atoms with van der Waals surface area (Å²) in [6.45, 7) is 8.62. The second kappa shape index (κ2) is 5.02. The SMILES string of the molecule is COc1c(C)cc(C(Br)C(C)C)cc1C. The van der Waals surface area contributed by atoms with Crippen LogP contribution >= 0.6 is 15.9 Å². The number of rotatable bonds is 3. The lowest BCUT2D eigenvalue weighted by Crippen LogP contribution is -2.01. The van der Waals surface area contributed by atoms with Crippen molar-refractivity contribution < 1.29 is 4.74 Å². The third-order valence-corrected chi connectivity index (χ3v) is 4.18. The molecular formula is C13H19BrO. The van der Waals surface area contributed by atoms with E-state index in [1.54, 1.807) is 7.11 Å². The van der Waals surface area contributed by atoms with Gasteiger partial charge in [-0.3, -0.25) is 0 Å². The molecule has 0 aliphatic rings. The molecule has 0 spiro atoms. The molecule has 15 heavy (non-hydrogen) atoms. The van der Waals surface area contributed by atoms with Gasteiger partial charge in [0, 0.05) is 4.83 Å².